The van der Waals surface area contributed by atoms with Crippen LogP contribution in [0.4, 0.5) is 38.1 Å². The highest BCUT2D eigenvalue weighted by atomic mass is 19.4. The van der Waals surface area contributed by atoms with E-state index in [4.69, 9.17) is 0 Å². The van der Waals surface area contributed by atoms with Gasteiger partial charge >= 0.3 is 12.4 Å². The second-order valence-corrected chi connectivity index (χ2v) is 9.63. The number of alkyl halides is 6. The fraction of sp³-hybridized carbons (Fsp3) is 0.346. The number of aromatic nitrogens is 5. The number of halogens is 6. The summed E-state index contributed by atoms with van der Waals surface area (Å²) in [5, 5.41) is 3.08. The van der Waals surface area contributed by atoms with Crippen molar-refractivity contribution >= 4 is 28.7 Å². The number of H-pyrrole nitrogens is 1. The van der Waals surface area contributed by atoms with Gasteiger partial charge in [0.2, 0.25) is 11.9 Å². The summed E-state index contributed by atoms with van der Waals surface area (Å²) in [4.78, 5) is 34.4. The van der Waals surface area contributed by atoms with Crippen molar-refractivity contribution in [2.75, 3.05) is 31.5 Å². The SMILES string of the molecule is Cc1c(-c2ccc3nc(Nc4cc(CN5CCN(C(=O)CC(F)(F)F)CC5)ccn4)[nH]c3c2)ncnc1C(F)(F)F. The van der Waals surface area contributed by atoms with Crippen LogP contribution in [-0.2, 0) is 17.5 Å². The summed E-state index contributed by atoms with van der Waals surface area (Å²) in [5.74, 6) is -0.0556. The summed E-state index contributed by atoms with van der Waals surface area (Å²) in [6, 6.07) is 8.59. The molecule has 4 aromatic rings. The van der Waals surface area contributed by atoms with E-state index in [1.54, 1.807) is 24.4 Å². The van der Waals surface area contributed by atoms with Crippen molar-refractivity contribution in [3.63, 3.8) is 0 Å². The predicted molar refractivity (Wildman–Crippen MR) is 137 cm³/mol. The second-order valence-electron chi connectivity index (χ2n) is 9.63. The first kappa shape index (κ1) is 28.3. The van der Waals surface area contributed by atoms with E-state index in [9.17, 15) is 31.1 Å². The number of amides is 1. The highest BCUT2D eigenvalue weighted by molar-refractivity contribution is 5.84. The monoisotopic (exact) mass is 578 g/mol. The molecule has 1 aromatic carbocycles. The number of aromatic amines is 1. The van der Waals surface area contributed by atoms with Gasteiger partial charge in [-0.1, -0.05) is 6.07 Å². The smallest absolute Gasteiger partial charge is 0.340 e. The molecule has 0 unspecified atom stereocenters. The van der Waals surface area contributed by atoms with Gasteiger partial charge < -0.3 is 15.2 Å². The number of benzene rings is 1. The van der Waals surface area contributed by atoms with E-state index in [1.165, 1.54) is 11.8 Å². The maximum Gasteiger partial charge on any atom is 0.433 e. The average Bonchev–Trinajstić information content (AvgIpc) is 3.29. The van der Waals surface area contributed by atoms with Crippen molar-refractivity contribution in [2.45, 2.75) is 32.2 Å². The van der Waals surface area contributed by atoms with Crippen LogP contribution in [0, 0.1) is 6.92 Å². The molecule has 41 heavy (non-hydrogen) atoms. The summed E-state index contributed by atoms with van der Waals surface area (Å²) in [7, 11) is 0. The molecule has 1 amide bonds. The molecule has 9 nitrogen and oxygen atoms in total. The lowest BCUT2D eigenvalue weighted by Gasteiger charge is -2.35. The molecule has 0 radical (unpaired) electrons. The van der Waals surface area contributed by atoms with Crippen LogP contribution in [0.5, 0.6) is 0 Å². The van der Waals surface area contributed by atoms with E-state index in [2.05, 4.69) is 30.2 Å². The van der Waals surface area contributed by atoms with Crippen LogP contribution in [0.3, 0.4) is 0 Å². The molecule has 0 atom stereocenters. The molecule has 4 heterocycles. The Morgan fingerprint density at radius 3 is 2.46 bits per heavy atom. The van der Waals surface area contributed by atoms with Crippen molar-refractivity contribution in [3.05, 3.63) is 59.7 Å². The number of rotatable bonds is 6. The number of hydrogen-bond acceptors (Lipinski definition) is 7. The molecule has 1 aliphatic rings. The number of carbonyl (C=O) groups excluding carboxylic acids is 1. The lowest BCUT2D eigenvalue weighted by Crippen LogP contribution is -2.49. The normalized spacial score (nSPS) is 15.0. The van der Waals surface area contributed by atoms with Gasteiger partial charge in [-0.05, 0) is 36.8 Å². The number of imidazole rings is 1. The molecule has 15 heteroatoms. The minimum Gasteiger partial charge on any atom is -0.340 e. The zero-order valence-electron chi connectivity index (χ0n) is 21.6. The van der Waals surface area contributed by atoms with Crippen molar-refractivity contribution in [3.8, 4) is 11.3 Å². The molecule has 1 aliphatic heterocycles. The standard InChI is InChI=1S/C26H24F6N8O/c1-15-22(34-14-35-23(15)26(30,31)32)17-2-3-18-19(11-17)37-24(36-18)38-20-10-16(4-5-33-20)13-39-6-8-40(9-7-39)21(41)12-25(27,28)29/h2-5,10-11,14H,6-9,12-13H2,1H3,(H2,33,36,37,38). The van der Waals surface area contributed by atoms with Crippen LogP contribution in [0.2, 0.25) is 0 Å². The number of carbonyl (C=O) groups is 1. The molecule has 1 fully saturated rings. The van der Waals surface area contributed by atoms with E-state index in [1.807, 2.05) is 17.0 Å². The van der Waals surface area contributed by atoms with E-state index in [0.29, 0.717) is 48.0 Å². The Morgan fingerprint density at radius 2 is 1.76 bits per heavy atom. The van der Waals surface area contributed by atoms with Crippen molar-refractivity contribution in [2.24, 2.45) is 0 Å². The summed E-state index contributed by atoms with van der Waals surface area (Å²) in [5.41, 5.74) is 1.62. The third-order valence-corrected chi connectivity index (χ3v) is 6.66. The van der Waals surface area contributed by atoms with E-state index in [-0.39, 0.29) is 24.3 Å². The summed E-state index contributed by atoms with van der Waals surface area (Å²) >= 11 is 0. The first-order valence-electron chi connectivity index (χ1n) is 12.5. The Kier molecular flexibility index (Phi) is 7.55. The van der Waals surface area contributed by atoms with Gasteiger partial charge in [0.05, 0.1) is 16.7 Å². The number of piperazine rings is 1. The molecule has 216 valence electrons. The molecule has 0 spiro atoms. The third kappa shape index (κ3) is 6.73. The molecular formula is C26H24F6N8O. The number of fused-ring (bicyclic) bond motifs is 1. The van der Waals surface area contributed by atoms with Crippen LogP contribution < -0.4 is 5.32 Å². The highest BCUT2D eigenvalue weighted by Gasteiger charge is 2.36. The fourth-order valence-corrected chi connectivity index (χ4v) is 4.70. The lowest BCUT2D eigenvalue weighted by molar-refractivity contribution is -0.162. The van der Waals surface area contributed by atoms with Crippen LogP contribution in [-0.4, -0.2) is 73.0 Å². The van der Waals surface area contributed by atoms with Gasteiger partial charge in [0.1, 0.15) is 18.6 Å². The average molecular weight is 579 g/mol. The molecular weight excluding hydrogens is 554 g/mol. The summed E-state index contributed by atoms with van der Waals surface area (Å²) in [6.45, 7) is 3.17. The van der Waals surface area contributed by atoms with Gasteiger partial charge in [0, 0.05) is 50.0 Å². The minimum absolute atomic E-state index is 0.0763. The molecule has 1 saturated heterocycles. The zero-order chi connectivity index (χ0) is 29.4. The van der Waals surface area contributed by atoms with Gasteiger partial charge in [-0.25, -0.2) is 19.9 Å². The predicted octanol–water partition coefficient (Wildman–Crippen LogP) is 5.08. The minimum atomic E-state index is -4.59. The first-order valence-corrected chi connectivity index (χ1v) is 12.5. The van der Waals surface area contributed by atoms with Crippen molar-refractivity contribution in [1.82, 2.24) is 34.7 Å². The van der Waals surface area contributed by atoms with E-state index in [0.717, 1.165) is 11.9 Å². The van der Waals surface area contributed by atoms with Crippen molar-refractivity contribution < 1.29 is 31.1 Å². The number of nitrogens with zero attached hydrogens (tertiary/aromatic N) is 6. The lowest BCUT2D eigenvalue weighted by atomic mass is 10.0. The highest BCUT2D eigenvalue weighted by Crippen LogP contribution is 2.34. The number of nitrogens with one attached hydrogen (secondary N) is 2. The van der Waals surface area contributed by atoms with Crippen LogP contribution in [0.1, 0.15) is 23.2 Å². The van der Waals surface area contributed by atoms with Gasteiger partial charge in [0.25, 0.3) is 0 Å². The molecule has 0 saturated carbocycles. The van der Waals surface area contributed by atoms with Crippen molar-refractivity contribution in [1.29, 1.82) is 0 Å². The molecule has 0 aliphatic carbocycles. The fourth-order valence-electron chi connectivity index (χ4n) is 4.70. The Balaban J connectivity index is 1.25. The van der Waals surface area contributed by atoms with E-state index >= 15 is 0 Å². The molecule has 5 rings (SSSR count). The first-order chi connectivity index (χ1) is 19.4. The summed E-state index contributed by atoms with van der Waals surface area (Å²) in [6.07, 6.45) is -8.07. The largest absolute Gasteiger partial charge is 0.433 e. The summed E-state index contributed by atoms with van der Waals surface area (Å²) < 4.78 is 77.4. The second kappa shape index (κ2) is 11.0. The van der Waals surface area contributed by atoms with Gasteiger partial charge in [-0.15, -0.1) is 0 Å². The molecule has 2 N–H and O–H groups in total. The van der Waals surface area contributed by atoms with Gasteiger partial charge in [0.15, 0.2) is 5.69 Å². The topological polar surface area (TPSA) is 103 Å². The number of hydrogen-bond donors (Lipinski definition) is 2. The number of anilines is 2. The Bertz CT molecular complexity index is 1560. The molecule has 3 aromatic heterocycles. The zero-order valence-corrected chi connectivity index (χ0v) is 21.6. The van der Waals surface area contributed by atoms with Gasteiger partial charge in [-0.3, -0.25) is 9.69 Å². The number of pyridine rings is 1. The van der Waals surface area contributed by atoms with Crippen LogP contribution in [0.25, 0.3) is 22.3 Å². The quantitative estimate of drug-likeness (QED) is 0.308. The Morgan fingerprint density at radius 1 is 1.00 bits per heavy atom. The van der Waals surface area contributed by atoms with E-state index < -0.39 is 30.4 Å². The Hall–Kier alpha value is -4.27. The maximum atomic E-state index is 13.3. The molecule has 0 bridgehead atoms. The van der Waals surface area contributed by atoms with Gasteiger partial charge in [-0.2, -0.15) is 26.3 Å². The maximum absolute atomic E-state index is 13.3. The Labute approximate surface area is 229 Å². The third-order valence-electron chi connectivity index (χ3n) is 6.66. The van der Waals surface area contributed by atoms with Crippen LogP contribution >= 0.6 is 0 Å². The van der Waals surface area contributed by atoms with Crippen LogP contribution in [0.15, 0.2) is 42.9 Å².